The molecule has 2 N–H and O–H groups in total. The highest BCUT2D eigenvalue weighted by molar-refractivity contribution is 5.91. The molecule has 1 aliphatic rings. The van der Waals surface area contributed by atoms with E-state index in [-0.39, 0.29) is 30.4 Å². The highest BCUT2D eigenvalue weighted by atomic mass is 16.6. The van der Waals surface area contributed by atoms with Crippen molar-refractivity contribution < 1.29 is 19.1 Å². The Morgan fingerprint density at radius 3 is 2.33 bits per heavy atom. The van der Waals surface area contributed by atoms with Crippen LogP contribution in [0.25, 0.3) is 0 Å². The van der Waals surface area contributed by atoms with Gasteiger partial charge in [0.2, 0.25) is 11.8 Å². The lowest BCUT2D eigenvalue weighted by molar-refractivity contribution is -0.141. The standard InChI is InChI=1S/C23H35N3O4/c1-14(2)25-21(28)20(18-12-15(3)8-9-16(18)4)26(17-10-11-17)19(27)13-24-22(29)30-23(5,6)7/h8-9,12,14,17,20H,10-11,13H2,1-7H3,(H,24,29)(H,25,28). The first-order valence-corrected chi connectivity index (χ1v) is 10.5. The fraction of sp³-hybridized carbons (Fsp3) is 0.609. The van der Waals surface area contributed by atoms with Gasteiger partial charge in [-0.25, -0.2) is 4.79 Å². The number of hydrogen-bond donors (Lipinski definition) is 2. The van der Waals surface area contributed by atoms with Crippen LogP contribution in [-0.4, -0.2) is 47.0 Å². The second-order valence-corrected chi connectivity index (χ2v) is 9.31. The maximum atomic E-state index is 13.2. The number of nitrogens with zero attached hydrogens (tertiary/aromatic N) is 1. The van der Waals surface area contributed by atoms with E-state index in [9.17, 15) is 14.4 Å². The van der Waals surface area contributed by atoms with Gasteiger partial charge in [0.15, 0.2) is 0 Å². The van der Waals surface area contributed by atoms with Crippen LogP contribution in [0.1, 0.15) is 70.2 Å². The van der Waals surface area contributed by atoms with Gasteiger partial charge in [-0.2, -0.15) is 0 Å². The molecule has 3 amide bonds. The number of nitrogens with one attached hydrogen (secondary N) is 2. The molecule has 0 aliphatic heterocycles. The number of carbonyl (C=O) groups excluding carboxylic acids is 3. The SMILES string of the molecule is Cc1ccc(C)c(C(C(=O)NC(C)C)N(C(=O)CNC(=O)OC(C)(C)C)C2CC2)c1. The average molecular weight is 418 g/mol. The third-order valence-corrected chi connectivity index (χ3v) is 4.70. The molecular formula is C23H35N3O4. The van der Waals surface area contributed by atoms with Crippen LogP contribution in [0.5, 0.6) is 0 Å². The molecule has 166 valence electrons. The first-order valence-electron chi connectivity index (χ1n) is 10.5. The Hall–Kier alpha value is -2.57. The highest BCUT2D eigenvalue weighted by Gasteiger charge is 2.42. The number of hydrogen-bond acceptors (Lipinski definition) is 4. The Morgan fingerprint density at radius 2 is 1.80 bits per heavy atom. The van der Waals surface area contributed by atoms with Crippen LogP contribution in [0.15, 0.2) is 18.2 Å². The molecule has 1 unspecified atom stereocenters. The molecule has 1 fully saturated rings. The van der Waals surface area contributed by atoms with Crippen LogP contribution in [-0.2, 0) is 14.3 Å². The molecular weight excluding hydrogens is 382 g/mol. The molecule has 30 heavy (non-hydrogen) atoms. The van der Waals surface area contributed by atoms with Gasteiger partial charge in [-0.05, 0) is 72.4 Å². The average Bonchev–Trinajstić information content (AvgIpc) is 3.42. The molecule has 0 spiro atoms. The molecule has 2 rings (SSSR count). The number of carbonyl (C=O) groups is 3. The Kier molecular flexibility index (Phi) is 7.50. The van der Waals surface area contributed by atoms with Crippen molar-refractivity contribution in [2.75, 3.05) is 6.54 Å². The van der Waals surface area contributed by atoms with Crippen molar-refractivity contribution in [3.05, 3.63) is 34.9 Å². The lowest BCUT2D eigenvalue weighted by Crippen LogP contribution is -2.49. The van der Waals surface area contributed by atoms with Gasteiger partial charge in [0.05, 0.1) is 0 Å². The molecule has 7 heteroatoms. The van der Waals surface area contributed by atoms with E-state index in [1.807, 2.05) is 45.9 Å². The minimum atomic E-state index is -0.743. The zero-order valence-corrected chi connectivity index (χ0v) is 19.2. The Bertz CT molecular complexity index is 794. The molecule has 1 aliphatic carbocycles. The predicted octanol–water partition coefficient (Wildman–Crippen LogP) is 3.38. The maximum absolute atomic E-state index is 13.2. The van der Waals surface area contributed by atoms with E-state index < -0.39 is 17.7 Å². The second kappa shape index (κ2) is 9.49. The van der Waals surface area contributed by atoms with Crippen molar-refractivity contribution in [1.29, 1.82) is 0 Å². The molecule has 0 radical (unpaired) electrons. The van der Waals surface area contributed by atoms with E-state index in [0.717, 1.165) is 29.5 Å². The zero-order chi connectivity index (χ0) is 22.6. The minimum absolute atomic E-state index is 0.0132. The van der Waals surface area contributed by atoms with Crippen LogP contribution in [0, 0.1) is 13.8 Å². The van der Waals surface area contributed by atoms with Crippen LogP contribution in [0.4, 0.5) is 4.79 Å². The number of rotatable bonds is 7. The van der Waals surface area contributed by atoms with E-state index in [2.05, 4.69) is 10.6 Å². The lowest BCUT2D eigenvalue weighted by Gasteiger charge is -2.33. The lowest BCUT2D eigenvalue weighted by atomic mass is 9.96. The van der Waals surface area contributed by atoms with Crippen molar-refractivity contribution in [3.8, 4) is 0 Å². The fourth-order valence-electron chi connectivity index (χ4n) is 3.30. The normalized spacial score (nSPS) is 14.8. The summed E-state index contributed by atoms with van der Waals surface area (Å²) in [6.45, 7) is 12.8. The van der Waals surface area contributed by atoms with Gasteiger partial charge >= 0.3 is 6.09 Å². The summed E-state index contributed by atoms with van der Waals surface area (Å²) < 4.78 is 5.22. The summed E-state index contributed by atoms with van der Waals surface area (Å²) in [5, 5.41) is 5.49. The number of alkyl carbamates (subject to hydrolysis) is 1. The monoisotopic (exact) mass is 417 g/mol. The van der Waals surface area contributed by atoms with Crippen LogP contribution < -0.4 is 10.6 Å². The molecule has 1 aromatic carbocycles. The van der Waals surface area contributed by atoms with E-state index in [1.165, 1.54) is 0 Å². The minimum Gasteiger partial charge on any atom is -0.444 e. The molecule has 1 saturated carbocycles. The fourth-order valence-corrected chi connectivity index (χ4v) is 3.30. The second-order valence-electron chi connectivity index (χ2n) is 9.31. The number of amides is 3. The van der Waals surface area contributed by atoms with Crippen LogP contribution >= 0.6 is 0 Å². The summed E-state index contributed by atoms with van der Waals surface area (Å²) in [5.74, 6) is -0.510. The molecule has 0 heterocycles. The molecule has 1 aromatic rings. The van der Waals surface area contributed by atoms with E-state index >= 15 is 0 Å². The first-order chi connectivity index (χ1) is 13.9. The van der Waals surface area contributed by atoms with E-state index in [0.29, 0.717) is 0 Å². The Labute approximate surface area is 179 Å². The summed E-state index contributed by atoms with van der Waals surface area (Å²) in [6.07, 6.45) is 1.03. The number of aryl methyl sites for hydroxylation is 2. The Balaban J connectivity index is 2.30. The van der Waals surface area contributed by atoms with Gasteiger partial charge in [0.1, 0.15) is 18.2 Å². The summed E-state index contributed by atoms with van der Waals surface area (Å²) in [5.41, 5.74) is 2.13. The third kappa shape index (κ3) is 6.75. The first kappa shape index (κ1) is 23.7. The molecule has 7 nitrogen and oxygen atoms in total. The Morgan fingerprint density at radius 1 is 1.17 bits per heavy atom. The zero-order valence-electron chi connectivity index (χ0n) is 19.2. The van der Waals surface area contributed by atoms with Crippen molar-refractivity contribution >= 4 is 17.9 Å². The van der Waals surface area contributed by atoms with Gasteiger partial charge < -0.3 is 20.3 Å². The number of ether oxygens (including phenoxy) is 1. The van der Waals surface area contributed by atoms with E-state index in [1.54, 1.807) is 25.7 Å². The maximum Gasteiger partial charge on any atom is 0.408 e. The largest absolute Gasteiger partial charge is 0.444 e. The molecule has 0 bridgehead atoms. The number of benzene rings is 1. The molecule has 1 atom stereocenters. The predicted molar refractivity (Wildman–Crippen MR) is 116 cm³/mol. The third-order valence-electron chi connectivity index (χ3n) is 4.70. The van der Waals surface area contributed by atoms with Crippen molar-refractivity contribution in [1.82, 2.24) is 15.5 Å². The summed E-state index contributed by atoms with van der Waals surface area (Å²) in [6, 6.07) is 5.11. The van der Waals surface area contributed by atoms with Crippen molar-refractivity contribution in [2.45, 2.75) is 85.0 Å². The van der Waals surface area contributed by atoms with Gasteiger partial charge in [0, 0.05) is 12.1 Å². The van der Waals surface area contributed by atoms with Gasteiger partial charge in [0.25, 0.3) is 0 Å². The smallest absolute Gasteiger partial charge is 0.408 e. The van der Waals surface area contributed by atoms with Gasteiger partial charge in [-0.15, -0.1) is 0 Å². The molecule has 0 aromatic heterocycles. The topological polar surface area (TPSA) is 87.7 Å². The summed E-state index contributed by atoms with van der Waals surface area (Å²) in [4.78, 5) is 40.0. The van der Waals surface area contributed by atoms with Crippen LogP contribution in [0.2, 0.25) is 0 Å². The quantitative estimate of drug-likeness (QED) is 0.712. The summed E-state index contributed by atoms with van der Waals surface area (Å²) >= 11 is 0. The van der Waals surface area contributed by atoms with Crippen LogP contribution in [0.3, 0.4) is 0 Å². The summed E-state index contributed by atoms with van der Waals surface area (Å²) in [7, 11) is 0. The van der Waals surface area contributed by atoms with Gasteiger partial charge in [-0.1, -0.05) is 23.8 Å². The van der Waals surface area contributed by atoms with E-state index in [4.69, 9.17) is 4.74 Å². The van der Waals surface area contributed by atoms with Crippen molar-refractivity contribution in [3.63, 3.8) is 0 Å². The van der Waals surface area contributed by atoms with Crippen molar-refractivity contribution in [2.24, 2.45) is 0 Å². The van der Waals surface area contributed by atoms with Gasteiger partial charge in [-0.3, -0.25) is 9.59 Å². The highest BCUT2D eigenvalue weighted by Crippen LogP contribution is 2.36. The molecule has 0 saturated heterocycles.